The Kier molecular flexibility index (Phi) is 6.83. The molecule has 1 N–H and O–H groups in total. The van der Waals surface area contributed by atoms with Crippen LogP contribution >= 0.6 is 11.3 Å². The minimum absolute atomic E-state index is 0.283. The zero-order chi connectivity index (χ0) is 23.6. The van der Waals surface area contributed by atoms with Crippen LogP contribution in [0.5, 0.6) is 11.5 Å². The van der Waals surface area contributed by atoms with E-state index in [1.54, 1.807) is 45.9 Å². The molecule has 0 saturated heterocycles. The number of aromatic nitrogens is 2. The molecule has 0 radical (unpaired) electrons. The van der Waals surface area contributed by atoms with E-state index in [4.69, 9.17) is 14.2 Å². The van der Waals surface area contributed by atoms with Crippen LogP contribution in [0.25, 0.3) is 10.2 Å². The van der Waals surface area contributed by atoms with E-state index in [0.29, 0.717) is 37.8 Å². The molecule has 3 aromatic rings. The summed E-state index contributed by atoms with van der Waals surface area (Å²) in [6.07, 6.45) is 1.03. The topological polar surface area (TPSA) is 109 Å². The molecule has 0 aliphatic carbocycles. The third kappa shape index (κ3) is 4.45. The average Bonchev–Trinajstić information content (AvgIpc) is 3.10. The van der Waals surface area contributed by atoms with E-state index in [1.165, 1.54) is 25.1 Å². The summed E-state index contributed by atoms with van der Waals surface area (Å²) in [5, 5.41) is 3.06. The predicted molar refractivity (Wildman–Crippen MR) is 122 cm³/mol. The number of benzene rings is 1. The summed E-state index contributed by atoms with van der Waals surface area (Å²) in [6.45, 7) is 6.77. The Morgan fingerprint density at radius 1 is 1.16 bits per heavy atom. The van der Waals surface area contributed by atoms with E-state index in [9.17, 15) is 14.4 Å². The van der Waals surface area contributed by atoms with Gasteiger partial charge >= 0.3 is 5.97 Å². The number of rotatable bonds is 7. The van der Waals surface area contributed by atoms with Gasteiger partial charge < -0.3 is 19.5 Å². The van der Waals surface area contributed by atoms with E-state index < -0.39 is 23.5 Å². The van der Waals surface area contributed by atoms with Crippen molar-refractivity contribution in [1.82, 2.24) is 9.55 Å². The van der Waals surface area contributed by atoms with Crippen molar-refractivity contribution in [2.45, 2.75) is 39.8 Å². The van der Waals surface area contributed by atoms with Crippen LogP contribution in [0.15, 0.2) is 29.3 Å². The lowest BCUT2D eigenvalue weighted by Gasteiger charge is -2.17. The van der Waals surface area contributed by atoms with Crippen LogP contribution in [-0.4, -0.2) is 41.8 Å². The highest BCUT2D eigenvalue weighted by Gasteiger charge is 2.24. The van der Waals surface area contributed by atoms with Crippen LogP contribution in [-0.2, 0) is 9.53 Å². The first-order chi connectivity index (χ1) is 15.2. The van der Waals surface area contributed by atoms with Crippen LogP contribution in [0.2, 0.25) is 0 Å². The molecule has 1 aromatic carbocycles. The van der Waals surface area contributed by atoms with E-state index in [0.717, 1.165) is 11.3 Å². The molecule has 10 heteroatoms. The van der Waals surface area contributed by atoms with Gasteiger partial charge in [-0.2, -0.15) is 0 Å². The Labute approximate surface area is 188 Å². The molecule has 2 aromatic heterocycles. The molecule has 1 atom stereocenters. The molecule has 170 valence electrons. The quantitative estimate of drug-likeness (QED) is 0.538. The molecule has 0 saturated carbocycles. The van der Waals surface area contributed by atoms with Crippen molar-refractivity contribution in [3.8, 4) is 11.5 Å². The van der Waals surface area contributed by atoms with Gasteiger partial charge in [0.2, 0.25) is 5.91 Å². The molecular formula is C22H25N3O6S. The van der Waals surface area contributed by atoms with Crippen molar-refractivity contribution in [3.63, 3.8) is 0 Å². The Balaban J connectivity index is 1.95. The first-order valence-electron chi connectivity index (χ1n) is 9.92. The number of amides is 1. The van der Waals surface area contributed by atoms with Crippen molar-refractivity contribution in [2.75, 3.05) is 19.5 Å². The Bertz CT molecular complexity index is 1230. The Hall–Kier alpha value is -3.40. The maximum atomic E-state index is 13.2. The predicted octanol–water partition coefficient (Wildman–Crippen LogP) is 3.55. The summed E-state index contributed by atoms with van der Waals surface area (Å²) in [7, 11) is 3.01. The average molecular weight is 460 g/mol. The second-order valence-electron chi connectivity index (χ2n) is 7.38. The first kappa shape index (κ1) is 23.3. The van der Waals surface area contributed by atoms with Gasteiger partial charge in [-0.05, 0) is 45.4 Å². The number of thiophene rings is 1. The number of ether oxygens (including phenoxy) is 3. The van der Waals surface area contributed by atoms with Crippen LogP contribution < -0.4 is 20.3 Å². The number of anilines is 1. The summed E-state index contributed by atoms with van der Waals surface area (Å²) in [4.78, 5) is 43.5. The monoisotopic (exact) mass is 459 g/mol. The molecule has 9 nitrogen and oxygen atoms in total. The lowest BCUT2D eigenvalue weighted by Crippen LogP contribution is -2.32. The number of fused-ring (bicyclic) bond motifs is 1. The Morgan fingerprint density at radius 2 is 1.88 bits per heavy atom. The van der Waals surface area contributed by atoms with Crippen molar-refractivity contribution < 1.29 is 23.8 Å². The number of aryl methyl sites for hydroxylation is 1. The van der Waals surface area contributed by atoms with E-state index in [-0.39, 0.29) is 6.10 Å². The van der Waals surface area contributed by atoms with Gasteiger partial charge in [-0.3, -0.25) is 14.2 Å². The van der Waals surface area contributed by atoms with Gasteiger partial charge in [0.05, 0.1) is 37.7 Å². The highest BCUT2D eigenvalue weighted by molar-refractivity contribution is 7.20. The van der Waals surface area contributed by atoms with Gasteiger partial charge in [-0.1, -0.05) is 0 Å². The van der Waals surface area contributed by atoms with E-state index in [1.807, 2.05) is 0 Å². The third-order valence-corrected chi connectivity index (χ3v) is 6.05. The van der Waals surface area contributed by atoms with Crippen molar-refractivity contribution >= 4 is 39.1 Å². The number of carbonyl (C=O) groups is 2. The van der Waals surface area contributed by atoms with Crippen LogP contribution in [0, 0.1) is 6.92 Å². The molecule has 0 spiro atoms. The minimum atomic E-state index is -0.874. The summed E-state index contributed by atoms with van der Waals surface area (Å²) in [5.74, 6) is 0.0625. The first-order valence-corrected chi connectivity index (χ1v) is 10.7. The van der Waals surface area contributed by atoms with Gasteiger partial charge in [0, 0.05) is 6.07 Å². The SMILES string of the molecule is COc1ccc(OC)c(NC(=O)C(C)n2cnc3sc(C(=O)OC(C)C)c(C)c3c2=O)c1. The fourth-order valence-corrected chi connectivity index (χ4v) is 4.17. The highest BCUT2D eigenvalue weighted by Crippen LogP contribution is 2.30. The van der Waals surface area contributed by atoms with Gasteiger partial charge in [0.1, 0.15) is 27.2 Å². The molecule has 0 aliphatic heterocycles. The summed E-state index contributed by atoms with van der Waals surface area (Å²) < 4.78 is 17.0. The number of hydrogen-bond acceptors (Lipinski definition) is 8. The van der Waals surface area contributed by atoms with Crippen LogP contribution in [0.1, 0.15) is 42.0 Å². The van der Waals surface area contributed by atoms with Crippen molar-refractivity contribution in [1.29, 1.82) is 0 Å². The molecule has 0 fully saturated rings. The largest absolute Gasteiger partial charge is 0.497 e. The van der Waals surface area contributed by atoms with Crippen molar-refractivity contribution in [3.05, 3.63) is 45.3 Å². The second kappa shape index (κ2) is 9.39. The highest BCUT2D eigenvalue weighted by atomic mass is 32.1. The van der Waals surface area contributed by atoms with Gasteiger partial charge in [0.15, 0.2) is 0 Å². The van der Waals surface area contributed by atoms with Gasteiger partial charge in [0.25, 0.3) is 5.56 Å². The minimum Gasteiger partial charge on any atom is -0.497 e. The van der Waals surface area contributed by atoms with Crippen LogP contribution in [0.3, 0.4) is 0 Å². The Morgan fingerprint density at radius 3 is 2.50 bits per heavy atom. The van der Waals surface area contributed by atoms with E-state index >= 15 is 0 Å². The summed E-state index contributed by atoms with van der Waals surface area (Å²) in [6, 6.07) is 4.14. The number of esters is 1. The lowest BCUT2D eigenvalue weighted by molar-refractivity contribution is -0.118. The maximum Gasteiger partial charge on any atom is 0.348 e. The molecule has 1 unspecified atom stereocenters. The molecular weight excluding hydrogens is 434 g/mol. The number of hydrogen-bond donors (Lipinski definition) is 1. The van der Waals surface area contributed by atoms with E-state index in [2.05, 4.69) is 10.3 Å². The summed E-state index contributed by atoms with van der Waals surface area (Å²) >= 11 is 1.10. The lowest BCUT2D eigenvalue weighted by atomic mass is 10.2. The van der Waals surface area contributed by atoms with Gasteiger partial charge in [-0.15, -0.1) is 11.3 Å². The zero-order valence-corrected chi connectivity index (χ0v) is 19.5. The molecule has 0 bridgehead atoms. The fraction of sp³-hybridized carbons (Fsp3) is 0.364. The zero-order valence-electron chi connectivity index (χ0n) is 18.7. The van der Waals surface area contributed by atoms with Gasteiger partial charge in [-0.25, -0.2) is 9.78 Å². The number of carbonyl (C=O) groups excluding carboxylic acids is 2. The third-order valence-electron chi connectivity index (χ3n) is 4.87. The number of nitrogens with zero attached hydrogens (tertiary/aromatic N) is 2. The fourth-order valence-electron chi connectivity index (χ4n) is 3.15. The molecule has 3 rings (SSSR count). The molecule has 2 heterocycles. The summed E-state index contributed by atoms with van der Waals surface area (Å²) in [5.41, 5.74) is 0.494. The number of methoxy groups -OCH3 is 2. The molecule has 1 amide bonds. The maximum absolute atomic E-state index is 13.2. The normalized spacial score (nSPS) is 12.0. The smallest absolute Gasteiger partial charge is 0.348 e. The standard InChI is InChI=1S/C22H25N3O6S/c1-11(2)31-22(28)18-12(3)17-20(32-18)23-10-25(21(17)27)13(4)19(26)24-15-9-14(29-5)7-8-16(15)30-6/h7-11,13H,1-6H3,(H,24,26). The number of nitrogens with one attached hydrogen (secondary N) is 1. The van der Waals surface area contributed by atoms with Crippen LogP contribution in [0.4, 0.5) is 5.69 Å². The molecule has 0 aliphatic rings. The molecule has 32 heavy (non-hydrogen) atoms. The second-order valence-corrected chi connectivity index (χ2v) is 8.38. The van der Waals surface area contributed by atoms with Crippen molar-refractivity contribution in [2.24, 2.45) is 0 Å².